The van der Waals surface area contributed by atoms with E-state index < -0.39 is 0 Å². The molecule has 19 heavy (non-hydrogen) atoms. The molecule has 1 atom stereocenters. The van der Waals surface area contributed by atoms with Crippen LogP contribution in [0, 0.1) is 6.92 Å². The molecule has 0 spiro atoms. The summed E-state index contributed by atoms with van der Waals surface area (Å²) in [5, 5.41) is 4.34. The number of thiophene rings is 1. The van der Waals surface area contributed by atoms with Gasteiger partial charge >= 0.3 is 0 Å². The highest BCUT2D eigenvalue weighted by Gasteiger charge is 2.14. The first-order valence-electron chi connectivity index (χ1n) is 6.40. The Labute approximate surface area is 116 Å². The van der Waals surface area contributed by atoms with Crippen LogP contribution in [0.3, 0.4) is 0 Å². The number of imidazole rings is 1. The molecule has 4 heteroatoms. The number of fused-ring (bicyclic) bond motifs is 1. The van der Waals surface area contributed by atoms with Crippen LogP contribution in [0.4, 0.5) is 5.69 Å². The lowest BCUT2D eigenvalue weighted by Crippen LogP contribution is -2.09. The van der Waals surface area contributed by atoms with Crippen molar-refractivity contribution in [1.29, 1.82) is 0 Å². The lowest BCUT2D eigenvalue weighted by atomic mass is 10.1. The number of benzene rings is 1. The van der Waals surface area contributed by atoms with Gasteiger partial charge in [-0.2, -0.15) is 11.3 Å². The van der Waals surface area contributed by atoms with E-state index in [-0.39, 0.29) is 0 Å². The highest BCUT2D eigenvalue weighted by atomic mass is 32.1. The van der Waals surface area contributed by atoms with Gasteiger partial charge in [0.2, 0.25) is 0 Å². The zero-order valence-corrected chi connectivity index (χ0v) is 11.9. The Kier molecular flexibility index (Phi) is 3.03. The number of nitrogens with zero attached hydrogens (tertiary/aromatic N) is 2. The molecule has 3 rings (SSSR count). The molecule has 0 radical (unpaired) electrons. The fraction of sp³-hybridized carbons (Fsp3) is 0.267. The Hall–Kier alpha value is -1.81. The quantitative estimate of drug-likeness (QED) is 0.736. The molecule has 0 aliphatic rings. The van der Waals surface area contributed by atoms with E-state index in [1.807, 2.05) is 12.1 Å². The molecular formula is C15H17N3S. The van der Waals surface area contributed by atoms with Gasteiger partial charge in [0.15, 0.2) is 0 Å². The van der Waals surface area contributed by atoms with Crippen LogP contribution in [0.1, 0.15) is 24.4 Å². The van der Waals surface area contributed by atoms with Crippen molar-refractivity contribution in [3.63, 3.8) is 0 Å². The van der Waals surface area contributed by atoms with Crippen LogP contribution in [0.25, 0.3) is 11.0 Å². The average Bonchev–Trinajstić information content (AvgIpc) is 2.95. The minimum Gasteiger partial charge on any atom is -0.399 e. The number of nitrogens with two attached hydrogens (primary N) is 1. The van der Waals surface area contributed by atoms with E-state index in [2.05, 4.69) is 46.3 Å². The fourth-order valence-corrected chi connectivity index (χ4v) is 3.32. The van der Waals surface area contributed by atoms with E-state index in [0.717, 1.165) is 29.0 Å². The van der Waals surface area contributed by atoms with Crippen molar-refractivity contribution >= 4 is 28.1 Å². The number of aromatic nitrogens is 2. The normalized spacial score (nSPS) is 12.9. The van der Waals surface area contributed by atoms with Crippen molar-refractivity contribution < 1.29 is 0 Å². The first-order valence-corrected chi connectivity index (χ1v) is 7.34. The summed E-state index contributed by atoms with van der Waals surface area (Å²) < 4.78 is 2.30. The molecule has 0 amide bonds. The van der Waals surface area contributed by atoms with Crippen molar-refractivity contribution in [2.24, 2.45) is 0 Å². The Morgan fingerprint density at radius 2 is 2.21 bits per heavy atom. The molecule has 3 aromatic rings. The Balaban J connectivity index is 2.01. The molecule has 0 aliphatic heterocycles. The second-order valence-electron chi connectivity index (χ2n) is 4.96. The molecule has 0 fully saturated rings. The van der Waals surface area contributed by atoms with Crippen molar-refractivity contribution in [2.45, 2.75) is 26.3 Å². The van der Waals surface area contributed by atoms with Crippen LogP contribution in [0.15, 0.2) is 35.0 Å². The molecule has 0 bridgehead atoms. The van der Waals surface area contributed by atoms with E-state index in [9.17, 15) is 0 Å². The van der Waals surface area contributed by atoms with Crippen LogP contribution in [-0.4, -0.2) is 9.55 Å². The van der Waals surface area contributed by atoms with Gasteiger partial charge in [-0.1, -0.05) is 0 Å². The molecule has 0 saturated heterocycles. The van der Waals surface area contributed by atoms with Gasteiger partial charge in [-0.25, -0.2) is 4.98 Å². The van der Waals surface area contributed by atoms with Gasteiger partial charge in [-0.05, 0) is 60.9 Å². The lowest BCUT2D eigenvalue weighted by molar-refractivity contribution is 0.546. The minimum absolute atomic E-state index is 0.392. The van der Waals surface area contributed by atoms with E-state index in [0.29, 0.717) is 6.04 Å². The summed E-state index contributed by atoms with van der Waals surface area (Å²) in [5.41, 5.74) is 10.1. The molecule has 1 unspecified atom stereocenters. The second-order valence-corrected chi connectivity index (χ2v) is 5.74. The zero-order chi connectivity index (χ0) is 13.4. The molecule has 0 aliphatic carbocycles. The highest BCUT2D eigenvalue weighted by molar-refractivity contribution is 7.07. The van der Waals surface area contributed by atoms with Crippen LogP contribution in [-0.2, 0) is 6.42 Å². The third-order valence-electron chi connectivity index (χ3n) is 3.44. The van der Waals surface area contributed by atoms with Gasteiger partial charge in [0.25, 0.3) is 0 Å². The summed E-state index contributed by atoms with van der Waals surface area (Å²) in [6, 6.07) is 8.53. The van der Waals surface area contributed by atoms with Crippen molar-refractivity contribution in [2.75, 3.05) is 5.73 Å². The summed E-state index contributed by atoms with van der Waals surface area (Å²) in [6.45, 7) is 4.29. The summed E-state index contributed by atoms with van der Waals surface area (Å²) in [6.07, 6.45) is 1.03. The van der Waals surface area contributed by atoms with Gasteiger partial charge in [0, 0.05) is 11.7 Å². The van der Waals surface area contributed by atoms with Crippen molar-refractivity contribution in [3.8, 4) is 0 Å². The van der Waals surface area contributed by atoms with E-state index >= 15 is 0 Å². The third kappa shape index (κ3) is 2.24. The monoisotopic (exact) mass is 271 g/mol. The maximum atomic E-state index is 5.82. The van der Waals surface area contributed by atoms with E-state index in [1.54, 1.807) is 11.3 Å². The number of rotatable bonds is 3. The molecule has 2 aromatic heterocycles. The number of aryl methyl sites for hydroxylation is 1. The summed E-state index contributed by atoms with van der Waals surface area (Å²) in [5.74, 6) is 1.04. The zero-order valence-electron chi connectivity index (χ0n) is 11.1. The molecule has 1 aromatic carbocycles. The van der Waals surface area contributed by atoms with E-state index in [1.165, 1.54) is 5.56 Å². The van der Waals surface area contributed by atoms with Gasteiger partial charge in [0.1, 0.15) is 5.82 Å². The van der Waals surface area contributed by atoms with Crippen LogP contribution < -0.4 is 5.73 Å². The summed E-state index contributed by atoms with van der Waals surface area (Å²) >= 11 is 1.75. The Bertz CT molecular complexity index is 698. The van der Waals surface area contributed by atoms with Gasteiger partial charge in [0.05, 0.1) is 11.0 Å². The van der Waals surface area contributed by atoms with Crippen molar-refractivity contribution in [3.05, 3.63) is 46.4 Å². The minimum atomic E-state index is 0.392. The summed E-state index contributed by atoms with van der Waals surface area (Å²) in [4.78, 5) is 4.61. The fourth-order valence-electron chi connectivity index (χ4n) is 2.63. The van der Waals surface area contributed by atoms with Crippen LogP contribution in [0.5, 0.6) is 0 Å². The largest absolute Gasteiger partial charge is 0.399 e. The van der Waals surface area contributed by atoms with E-state index in [4.69, 9.17) is 5.73 Å². The number of anilines is 1. The predicted octanol–water partition coefficient (Wildman–Crippen LogP) is 3.79. The molecule has 98 valence electrons. The topological polar surface area (TPSA) is 43.8 Å². The molecule has 3 nitrogen and oxygen atoms in total. The average molecular weight is 271 g/mol. The maximum Gasteiger partial charge on any atom is 0.106 e. The van der Waals surface area contributed by atoms with Gasteiger partial charge in [-0.15, -0.1) is 0 Å². The molecule has 2 N–H and O–H groups in total. The number of nitrogen functional groups attached to an aromatic ring is 1. The molecular weight excluding hydrogens is 254 g/mol. The standard InChI is InChI=1S/C15H17N3S/c1-10(7-12-5-6-19-9-12)18-11(2)17-14-8-13(16)3-4-15(14)18/h3-6,8-10H,7,16H2,1-2H3. The Morgan fingerprint density at radius 1 is 1.37 bits per heavy atom. The number of hydrogen-bond acceptors (Lipinski definition) is 3. The van der Waals surface area contributed by atoms with Gasteiger partial charge < -0.3 is 10.3 Å². The third-order valence-corrected chi connectivity index (χ3v) is 4.17. The number of hydrogen-bond donors (Lipinski definition) is 1. The highest BCUT2D eigenvalue weighted by Crippen LogP contribution is 2.25. The van der Waals surface area contributed by atoms with Crippen molar-refractivity contribution in [1.82, 2.24) is 9.55 Å². The van der Waals surface area contributed by atoms with Gasteiger partial charge in [-0.3, -0.25) is 0 Å². The maximum absolute atomic E-state index is 5.82. The molecule has 2 heterocycles. The molecule has 0 saturated carbocycles. The smallest absolute Gasteiger partial charge is 0.106 e. The first-order chi connectivity index (χ1) is 9.15. The summed E-state index contributed by atoms with van der Waals surface area (Å²) in [7, 11) is 0. The van der Waals surface area contributed by atoms with Crippen LogP contribution in [0.2, 0.25) is 0 Å². The predicted molar refractivity (Wildman–Crippen MR) is 81.6 cm³/mol. The van der Waals surface area contributed by atoms with Crippen LogP contribution >= 0.6 is 11.3 Å². The lowest BCUT2D eigenvalue weighted by Gasteiger charge is -2.16. The Morgan fingerprint density at radius 3 is 2.95 bits per heavy atom. The second kappa shape index (κ2) is 4.70. The SMILES string of the molecule is Cc1nc2cc(N)ccc2n1C(C)Cc1ccsc1. The first kappa shape index (κ1) is 12.2.